The number of nitrogens with zero attached hydrogens (tertiary/aromatic N) is 5. The van der Waals surface area contributed by atoms with Crippen molar-refractivity contribution in [2.45, 2.75) is 33.2 Å². The lowest BCUT2D eigenvalue weighted by Gasteiger charge is -2.22. The summed E-state index contributed by atoms with van der Waals surface area (Å²) in [5.41, 5.74) is 2.81. The molecule has 0 atom stereocenters. The number of hydrogen-bond donors (Lipinski definition) is 0. The standard InChI is InChI=1S/C20H27N5OS.ClH/c1-6-15-8-7-9-17-18(15)22-20(27-17)24(13-12-23(4)5)19(26)16-10-11-21-25(16)14(2)3;/h7-11,14H,6,12-13H2,1-5H3;1H. The summed E-state index contributed by atoms with van der Waals surface area (Å²) >= 11 is 1.57. The first-order valence-electron chi connectivity index (χ1n) is 9.31. The Bertz CT molecular complexity index is 934. The summed E-state index contributed by atoms with van der Waals surface area (Å²) in [6.45, 7) is 7.52. The van der Waals surface area contributed by atoms with E-state index in [1.165, 1.54) is 5.56 Å². The zero-order chi connectivity index (χ0) is 19.6. The Balaban J connectivity index is 0.00000280. The minimum atomic E-state index is -0.0554. The van der Waals surface area contributed by atoms with Crippen LogP contribution in [0.2, 0.25) is 0 Å². The molecule has 2 heterocycles. The highest BCUT2D eigenvalue weighted by atomic mass is 35.5. The maximum Gasteiger partial charge on any atom is 0.278 e. The van der Waals surface area contributed by atoms with Crippen molar-refractivity contribution in [3.8, 4) is 0 Å². The average molecular weight is 422 g/mol. The van der Waals surface area contributed by atoms with Crippen LogP contribution in [0.15, 0.2) is 30.5 Å². The third-order valence-electron chi connectivity index (χ3n) is 4.50. The third kappa shape index (κ3) is 4.54. The Morgan fingerprint density at radius 1 is 1.21 bits per heavy atom. The molecule has 0 fully saturated rings. The number of likely N-dealkylation sites (N-methyl/N-ethyl adjacent to an activating group) is 1. The van der Waals surface area contributed by atoms with Gasteiger partial charge in [-0.3, -0.25) is 14.4 Å². The number of fused-ring (bicyclic) bond motifs is 1. The van der Waals surface area contributed by atoms with Crippen molar-refractivity contribution in [1.29, 1.82) is 0 Å². The topological polar surface area (TPSA) is 54.3 Å². The summed E-state index contributed by atoms with van der Waals surface area (Å²) in [7, 11) is 4.02. The lowest BCUT2D eigenvalue weighted by molar-refractivity contribution is 0.0973. The maximum atomic E-state index is 13.4. The minimum absolute atomic E-state index is 0. The molecule has 0 aliphatic heterocycles. The molecule has 8 heteroatoms. The summed E-state index contributed by atoms with van der Waals surface area (Å²) in [6, 6.07) is 8.14. The lowest BCUT2D eigenvalue weighted by atomic mass is 10.1. The number of benzene rings is 1. The Morgan fingerprint density at radius 2 is 1.96 bits per heavy atom. The molecule has 0 aliphatic carbocycles. The predicted octanol–water partition coefficient (Wildman–Crippen LogP) is 4.27. The van der Waals surface area contributed by atoms with Crippen molar-refractivity contribution in [1.82, 2.24) is 19.7 Å². The van der Waals surface area contributed by atoms with Crippen LogP contribution in [0, 0.1) is 0 Å². The molecule has 1 amide bonds. The van der Waals surface area contributed by atoms with Crippen molar-refractivity contribution in [3.63, 3.8) is 0 Å². The first-order chi connectivity index (χ1) is 12.9. The van der Waals surface area contributed by atoms with Gasteiger partial charge in [-0.15, -0.1) is 12.4 Å². The van der Waals surface area contributed by atoms with E-state index in [1.807, 2.05) is 27.9 Å². The minimum Gasteiger partial charge on any atom is -0.308 e. The van der Waals surface area contributed by atoms with Gasteiger partial charge in [0, 0.05) is 25.3 Å². The number of hydrogen-bond acceptors (Lipinski definition) is 5. The molecular weight excluding hydrogens is 394 g/mol. The monoisotopic (exact) mass is 421 g/mol. The number of aromatic nitrogens is 3. The van der Waals surface area contributed by atoms with Gasteiger partial charge in [0.05, 0.1) is 10.2 Å². The van der Waals surface area contributed by atoms with Gasteiger partial charge in [0.15, 0.2) is 5.13 Å². The molecule has 0 radical (unpaired) electrons. The fourth-order valence-corrected chi connectivity index (χ4v) is 4.05. The van der Waals surface area contributed by atoms with Crippen molar-refractivity contribution in [3.05, 3.63) is 41.7 Å². The second-order valence-electron chi connectivity index (χ2n) is 7.13. The zero-order valence-corrected chi connectivity index (χ0v) is 18.7. The number of carbonyl (C=O) groups is 1. The fourth-order valence-electron chi connectivity index (χ4n) is 3.01. The number of carbonyl (C=O) groups excluding carboxylic acids is 1. The van der Waals surface area contributed by atoms with Crippen LogP contribution in [-0.4, -0.2) is 52.8 Å². The first-order valence-corrected chi connectivity index (χ1v) is 10.1. The van der Waals surface area contributed by atoms with Gasteiger partial charge in [0.25, 0.3) is 5.91 Å². The quantitative estimate of drug-likeness (QED) is 0.571. The number of amides is 1. The summed E-state index contributed by atoms with van der Waals surface area (Å²) in [5, 5.41) is 5.06. The Hall–Kier alpha value is -1.96. The van der Waals surface area contributed by atoms with Gasteiger partial charge in [0.2, 0.25) is 0 Å². The van der Waals surface area contributed by atoms with E-state index in [0.717, 1.165) is 28.3 Å². The van der Waals surface area contributed by atoms with Gasteiger partial charge in [-0.1, -0.05) is 30.4 Å². The molecule has 152 valence electrons. The van der Waals surface area contributed by atoms with Crippen molar-refractivity contribution >= 4 is 45.0 Å². The molecule has 28 heavy (non-hydrogen) atoms. The Labute approximate surface area is 176 Å². The fraction of sp³-hybridized carbons (Fsp3) is 0.450. The van der Waals surface area contributed by atoms with Crippen molar-refractivity contribution in [2.24, 2.45) is 0 Å². The summed E-state index contributed by atoms with van der Waals surface area (Å²) < 4.78 is 2.89. The number of para-hydroxylation sites is 1. The SMILES string of the molecule is CCc1cccc2sc(N(CCN(C)C)C(=O)c3ccnn3C(C)C)nc12.Cl. The number of halogens is 1. The molecule has 3 rings (SSSR count). The molecule has 0 spiro atoms. The molecular formula is C20H28ClN5OS. The maximum absolute atomic E-state index is 13.4. The lowest BCUT2D eigenvalue weighted by Crippen LogP contribution is -2.38. The molecule has 1 aromatic carbocycles. The second-order valence-corrected chi connectivity index (χ2v) is 8.14. The first kappa shape index (κ1) is 22.3. The van der Waals surface area contributed by atoms with Crippen LogP contribution >= 0.6 is 23.7 Å². The van der Waals surface area contributed by atoms with Crippen molar-refractivity contribution < 1.29 is 4.79 Å². The van der Waals surface area contributed by atoms with E-state index in [1.54, 1.807) is 33.2 Å². The van der Waals surface area contributed by atoms with Gasteiger partial charge < -0.3 is 4.90 Å². The van der Waals surface area contributed by atoms with Crippen LogP contribution in [0.3, 0.4) is 0 Å². The molecule has 6 nitrogen and oxygen atoms in total. The largest absolute Gasteiger partial charge is 0.308 e. The highest BCUT2D eigenvalue weighted by Gasteiger charge is 2.25. The number of rotatable bonds is 7. The van der Waals surface area contributed by atoms with Crippen LogP contribution < -0.4 is 4.90 Å². The van der Waals surface area contributed by atoms with Gasteiger partial charge >= 0.3 is 0 Å². The number of aryl methyl sites for hydroxylation is 1. The van der Waals surface area contributed by atoms with Gasteiger partial charge in [-0.05, 0) is 52.1 Å². The summed E-state index contributed by atoms with van der Waals surface area (Å²) in [6.07, 6.45) is 2.61. The molecule has 0 unspecified atom stereocenters. The summed E-state index contributed by atoms with van der Waals surface area (Å²) in [5.74, 6) is -0.0554. The van der Waals surface area contributed by atoms with E-state index in [9.17, 15) is 4.79 Å². The van der Waals surface area contributed by atoms with E-state index in [0.29, 0.717) is 12.2 Å². The third-order valence-corrected chi connectivity index (χ3v) is 5.54. The Kier molecular flexibility index (Phi) is 7.57. The normalized spacial score (nSPS) is 11.2. The van der Waals surface area contributed by atoms with E-state index < -0.39 is 0 Å². The smallest absolute Gasteiger partial charge is 0.278 e. The van der Waals surface area contributed by atoms with E-state index in [-0.39, 0.29) is 24.4 Å². The molecule has 0 saturated carbocycles. The van der Waals surface area contributed by atoms with Gasteiger partial charge in [0.1, 0.15) is 5.69 Å². The highest BCUT2D eigenvalue weighted by molar-refractivity contribution is 7.22. The Morgan fingerprint density at radius 3 is 2.61 bits per heavy atom. The predicted molar refractivity (Wildman–Crippen MR) is 119 cm³/mol. The van der Waals surface area contributed by atoms with Crippen LogP contribution in [-0.2, 0) is 6.42 Å². The van der Waals surface area contributed by atoms with E-state index in [4.69, 9.17) is 4.98 Å². The molecule has 0 N–H and O–H groups in total. The van der Waals surface area contributed by atoms with Crippen LogP contribution in [0.4, 0.5) is 5.13 Å². The van der Waals surface area contributed by atoms with Gasteiger partial charge in [-0.25, -0.2) is 4.98 Å². The van der Waals surface area contributed by atoms with Crippen LogP contribution in [0.5, 0.6) is 0 Å². The molecule has 0 bridgehead atoms. The van der Waals surface area contributed by atoms with E-state index in [2.05, 4.69) is 35.1 Å². The van der Waals surface area contributed by atoms with Crippen molar-refractivity contribution in [2.75, 3.05) is 32.1 Å². The van der Waals surface area contributed by atoms with E-state index >= 15 is 0 Å². The number of thiazole rings is 1. The van der Waals surface area contributed by atoms with Gasteiger partial charge in [-0.2, -0.15) is 5.10 Å². The van der Waals surface area contributed by atoms with Crippen LogP contribution in [0.25, 0.3) is 10.2 Å². The van der Waals surface area contributed by atoms with Crippen LogP contribution in [0.1, 0.15) is 42.9 Å². The average Bonchev–Trinajstić information content (AvgIpc) is 3.28. The second kappa shape index (κ2) is 9.49. The summed E-state index contributed by atoms with van der Waals surface area (Å²) in [4.78, 5) is 22.1. The highest BCUT2D eigenvalue weighted by Crippen LogP contribution is 2.32. The number of anilines is 1. The molecule has 0 saturated heterocycles. The molecule has 3 aromatic rings. The molecule has 2 aromatic heterocycles. The molecule has 0 aliphatic rings. The zero-order valence-electron chi connectivity index (χ0n) is 17.0.